The number of furan rings is 1. The van der Waals surface area contributed by atoms with Gasteiger partial charge < -0.3 is 14.5 Å². The lowest BCUT2D eigenvalue weighted by Gasteiger charge is -2.10. The van der Waals surface area contributed by atoms with Crippen LogP contribution in [-0.4, -0.2) is 21.4 Å². The Balaban J connectivity index is 1.96. The number of aryl methyl sites for hydroxylation is 1. The molecule has 0 aliphatic rings. The number of sulfonamides is 1. The predicted molar refractivity (Wildman–Crippen MR) is 93.3 cm³/mol. The Labute approximate surface area is 144 Å². The highest BCUT2D eigenvalue weighted by atomic mass is 32.2. The number of hydrogen-bond donors (Lipinski definition) is 2. The predicted octanol–water partition coefficient (Wildman–Crippen LogP) is 2.65. The fourth-order valence-corrected chi connectivity index (χ4v) is 3.28. The van der Waals surface area contributed by atoms with Gasteiger partial charge >= 0.3 is 0 Å². The lowest BCUT2D eigenvalue weighted by molar-refractivity contribution is 0.0998. The van der Waals surface area contributed by atoms with Crippen LogP contribution in [0.4, 0.5) is 5.69 Å². The minimum absolute atomic E-state index is 0.0976. The highest BCUT2D eigenvalue weighted by Gasteiger charge is 2.20. The summed E-state index contributed by atoms with van der Waals surface area (Å²) in [6.45, 7) is 1.78. The van der Waals surface area contributed by atoms with Crippen LogP contribution in [0.2, 0.25) is 0 Å². The number of primary sulfonamides is 1. The molecule has 0 radical (unpaired) electrons. The molecule has 3 N–H and O–H groups in total. The summed E-state index contributed by atoms with van der Waals surface area (Å²) in [5.74, 6) is -0.228. The maximum absolute atomic E-state index is 12.5. The van der Waals surface area contributed by atoms with E-state index in [1.165, 1.54) is 25.3 Å². The number of benzene rings is 2. The molecule has 0 fully saturated rings. The first-order valence-electron chi connectivity index (χ1n) is 7.31. The second kappa shape index (κ2) is 6.23. The third-order valence-corrected chi connectivity index (χ3v) is 4.71. The van der Waals surface area contributed by atoms with E-state index in [9.17, 15) is 13.2 Å². The molecule has 1 aromatic heterocycles. The number of nitrogens with one attached hydrogen (secondary N) is 1. The van der Waals surface area contributed by atoms with Gasteiger partial charge in [-0.3, -0.25) is 4.79 Å². The second-order valence-electron chi connectivity index (χ2n) is 5.42. The van der Waals surface area contributed by atoms with Crippen LogP contribution in [-0.2, 0) is 10.0 Å². The van der Waals surface area contributed by atoms with Crippen LogP contribution in [0.5, 0.6) is 5.75 Å². The maximum atomic E-state index is 12.5. The quantitative estimate of drug-likeness (QED) is 0.743. The zero-order chi connectivity index (χ0) is 18.2. The van der Waals surface area contributed by atoms with Gasteiger partial charge in [0.05, 0.1) is 7.11 Å². The molecule has 0 spiro atoms. The molecule has 0 bridgehead atoms. The molecule has 8 heteroatoms. The van der Waals surface area contributed by atoms with Gasteiger partial charge in [0.1, 0.15) is 16.2 Å². The van der Waals surface area contributed by atoms with Crippen LogP contribution in [0.25, 0.3) is 11.0 Å². The number of rotatable bonds is 4. The molecule has 0 unspecified atom stereocenters. The molecule has 2 aromatic carbocycles. The van der Waals surface area contributed by atoms with E-state index in [0.29, 0.717) is 11.1 Å². The number of carbonyl (C=O) groups is 1. The van der Waals surface area contributed by atoms with Crippen LogP contribution < -0.4 is 15.2 Å². The number of fused-ring (bicyclic) bond motifs is 1. The summed E-state index contributed by atoms with van der Waals surface area (Å²) in [6.07, 6.45) is 0. The molecular formula is C17H16N2O5S. The Morgan fingerprint density at radius 2 is 1.92 bits per heavy atom. The first kappa shape index (κ1) is 17.0. The molecule has 0 aliphatic carbocycles. The highest BCUT2D eigenvalue weighted by Crippen LogP contribution is 2.28. The van der Waals surface area contributed by atoms with Gasteiger partial charge in [-0.15, -0.1) is 0 Å². The molecule has 0 atom stereocenters. The van der Waals surface area contributed by atoms with E-state index in [4.69, 9.17) is 14.3 Å². The SMILES string of the molecule is COc1ccc(NC(=O)c2oc3ccccc3c2C)cc1S(N)(=O)=O. The molecule has 25 heavy (non-hydrogen) atoms. The van der Waals surface area contributed by atoms with Gasteiger partial charge in [-0.25, -0.2) is 13.6 Å². The number of carbonyl (C=O) groups excluding carboxylic acids is 1. The van der Waals surface area contributed by atoms with E-state index in [1.54, 1.807) is 13.0 Å². The second-order valence-corrected chi connectivity index (χ2v) is 6.95. The van der Waals surface area contributed by atoms with E-state index in [1.807, 2.05) is 18.2 Å². The molecule has 130 valence electrons. The summed E-state index contributed by atoms with van der Waals surface area (Å²) in [5.41, 5.74) is 1.56. The van der Waals surface area contributed by atoms with Crippen molar-refractivity contribution in [1.29, 1.82) is 0 Å². The summed E-state index contributed by atoms with van der Waals surface area (Å²) >= 11 is 0. The zero-order valence-corrected chi connectivity index (χ0v) is 14.4. The number of hydrogen-bond acceptors (Lipinski definition) is 5. The Kier molecular flexibility index (Phi) is 4.23. The number of nitrogens with two attached hydrogens (primary N) is 1. The van der Waals surface area contributed by atoms with Gasteiger partial charge in [0.15, 0.2) is 5.76 Å². The summed E-state index contributed by atoms with van der Waals surface area (Å²) in [6, 6.07) is 11.5. The lowest BCUT2D eigenvalue weighted by atomic mass is 10.1. The molecule has 0 saturated carbocycles. The summed E-state index contributed by atoms with van der Waals surface area (Å²) in [7, 11) is -2.66. The standard InChI is InChI=1S/C17H16N2O5S/c1-10-12-5-3-4-6-13(12)24-16(10)17(20)19-11-7-8-14(23-2)15(9-11)25(18,21)22/h3-9H,1-2H3,(H,19,20)(H2,18,21,22). The van der Waals surface area contributed by atoms with Gasteiger partial charge in [0.25, 0.3) is 5.91 Å². The van der Waals surface area contributed by atoms with Gasteiger partial charge in [0, 0.05) is 16.6 Å². The fraction of sp³-hybridized carbons (Fsp3) is 0.118. The van der Waals surface area contributed by atoms with Crippen LogP contribution >= 0.6 is 0 Å². The molecule has 3 aromatic rings. The molecule has 0 aliphatic heterocycles. The average Bonchev–Trinajstić information content (AvgIpc) is 2.91. The minimum atomic E-state index is -4.00. The monoisotopic (exact) mass is 360 g/mol. The van der Waals surface area contributed by atoms with Crippen molar-refractivity contribution in [2.45, 2.75) is 11.8 Å². The number of methoxy groups -OCH3 is 1. The number of para-hydroxylation sites is 1. The van der Waals surface area contributed by atoms with Crippen molar-refractivity contribution in [2.75, 3.05) is 12.4 Å². The van der Waals surface area contributed by atoms with Gasteiger partial charge in [-0.05, 0) is 31.2 Å². The van der Waals surface area contributed by atoms with Crippen molar-refractivity contribution in [3.8, 4) is 5.75 Å². The van der Waals surface area contributed by atoms with Crippen LogP contribution in [0.1, 0.15) is 16.1 Å². The third kappa shape index (κ3) is 3.21. The third-order valence-electron chi connectivity index (χ3n) is 3.78. The van der Waals surface area contributed by atoms with E-state index in [2.05, 4.69) is 5.32 Å². The number of ether oxygens (including phenoxy) is 1. The fourth-order valence-electron chi connectivity index (χ4n) is 2.56. The first-order chi connectivity index (χ1) is 11.8. The van der Waals surface area contributed by atoms with Gasteiger partial charge in [-0.2, -0.15) is 0 Å². The largest absolute Gasteiger partial charge is 0.495 e. The smallest absolute Gasteiger partial charge is 0.291 e. The van der Waals surface area contributed by atoms with E-state index in [0.717, 1.165) is 5.39 Å². The highest BCUT2D eigenvalue weighted by molar-refractivity contribution is 7.89. The van der Waals surface area contributed by atoms with E-state index >= 15 is 0 Å². The maximum Gasteiger partial charge on any atom is 0.291 e. The topological polar surface area (TPSA) is 112 Å². The average molecular weight is 360 g/mol. The molecule has 1 heterocycles. The van der Waals surface area contributed by atoms with Crippen LogP contribution in [0, 0.1) is 6.92 Å². The van der Waals surface area contributed by atoms with Crippen molar-refractivity contribution in [2.24, 2.45) is 5.14 Å². The number of amides is 1. The van der Waals surface area contributed by atoms with Crippen LogP contribution in [0.3, 0.4) is 0 Å². The normalized spacial score (nSPS) is 11.5. The van der Waals surface area contributed by atoms with Crippen molar-refractivity contribution in [3.05, 3.63) is 53.8 Å². The molecule has 7 nitrogen and oxygen atoms in total. The van der Waals surface area contributed by atoms with Crippen molar-refractivity contribution in [1.82, 2.24) is 0 Å². The zero-order valence-electron chi connectivity index (χ0n) is 13.6. The van der Waals surface area contributed by atoms with Gasteiger partial charge in [-0.1, -0.05) is 18.2 Å². The van der Waals surface area contributed by atoms with Gasteiger partial charge in [0.2, 0.25) is 10.0 Å². The Morgan fingerprint density at radius 1 is 1.20 bits per heavy atom. The van der Waals surface area contributed by atoms with Crippen LogP contribution in [0.15, 0.2) is 51.8 Å². The van der Waals surface area contributed by atoms with Crippen molar-refractivity contribution in [3.63, 3.8) is 0 Å². The van der Waals surface area contributed by atoms with Crippen molar-refractivity contribution < 1.29 is 22.4 Å². The van der Waals surface area contributed by atoms with E-state index in [-0.39, 0.29) is 22.1 Å². The van der Waals surface area contributed by atoms with E-state index < -0.39 is 15.9 Å². The van der Waals surface area contributed by atoms with Crippen molar-refractivity contribution >= 4 is 32.6 Å². The summed E-state index contributed by atoms with van der Waals surface area (Å²) < 4.78 is 33.9. The lowest BCUT2D eigenvalue weighted by Crippen LogP contribution is -2.16. The molecule has 0 saturated heterocycles. The Hall–Kier alpha value is -2.84. The molecule has 3 rings (SSSR count). The molecule has 1 amide bonds. The Morgan fingerprint density at radius 3 is 2.56 bits per heavy atom. The number of anilines is 1. The Bertz CT molecular complexity index is 1070. The summed E-state index contributed by atoms with van der Waals surface area (Å²) in [4.78, 5) is 12.3. The summed E-state index contributed by atoms with van der Waals surface area (Å²) in [5, 5.41) is 8.64. The minimum Gasteiger partial charge on any atom is -0.495 e. The molecular weight excluding hydrogens is 344 g/mol. The first-order valence-corrected chi connectivity index (χ1v) is 8.86.